The van der Waals surface area contributed by atoms with E-state index < -0.39 is 36.2 Å². The number of ether oxygens (including phenoxy) is 6. The molecule has 2 rings (SSSR count). The van der Waals surface area contributed by atoms with Crippen LogP contribution >= 0.6 is 0 Å². The zero-order valence-electron chi connectivity index (χ0n) is 20.2. The van der Waals surface area contributed by atoms with Crippen molar-refractivity contribution in [1.29, 1.82) is 0 Å². The first-order valence-corrected chi connectivity index (χ1v) is 11.1. The Bertz CT molecular complexity index is 911. The van der Waals surface area contributed by atoms with Crippen LogP contribution in [0, 0.1) is 0 Å². The van der Waals surface area contributed by atoms with Gasteiger partial charge >= 0.3 is 24.4 Å². The number of aliphatic carboxylic acids is 1. The van der Waals surface area contributed by atoms with Crippen molar-refractivity contribution in [3.05, 3.63) is 23.8 Å². The first-order chi connectivity index (χ1) is 16.6. The molecule has 2 N–H and O–H groups in total. The predicted molar refractivity (Wildman–Crippen MR) is 119 cm³/mol. The van der Waals surface area contributed by atoms with Crippen LogP contribution in [-0.2, 0) is 30.2 Å². The monoisotopic (exact) mass is 497 g/mol. The summed E-state index contributed by atoms with van der Waals surface area (Å²) in [5.41, 5.74) is -1.94. The Labute approximate surface area is 202 Å². The number of carbonyl (C=O) groups excluding carboxylic acids is 3. The number of nitrogens with one attached hydrogen (secondary N) is 1. The van der Waals surface area contributed by atoms with Crippen LogP contribution in [0.15, 0.2) is 18.2 Å². The maximum absolute atomic E-state index is 12.6. The standard InChI is InChI=1S/C23H31NO11/c1-14(2)24-23(19(25)26,35-22(29)32-16-8-6-5-7-9-16)13-15-10-11-17(33-20(27)30-3)18(12-15)34-21(28)31-4/h10-12,14,16,24H,5-9,13H2,1-4H3,(H,25,26)/t23-/m0/s1. The summed E-state index contributed by atoms with van der Waals surface area (Å²) in [5.74, 6) is -1.88. The van der Waals surface area contributed by atoms with E-state index in [1.165, 1.54) is 18.2 Å². The highest BCUT2D eigenvalue weighted by atomic mass is 16.8. The van der Waals surface area contributed by atoms with Crippen LogP contribution in [-0.4, -0.2) is 61.6 Å². The van der Waals surface area contributed by atoms with Crippen molar-refractivity contribution in [2.75, 3.05) is 14.2 Å². The van der Waals surface area contributed by atoms with Crippen molar-refractivity contribution >= 4 is 24.4 Å². The number of carboxylic acid groups (broad SMARTS) is 1. The van der Waals surface area contributed by atoms with Gasteiger partial charge < -0.3 is 33.5 Å². The zero-order valence-corrected chi connectivity index (χ0v) is 20.2. The van der Waals surface area contributed by atoms with Gasteiger partial charge in [-0.3, -0.25) is 5.32 Å². The summed E-state index contributed by atoms with van der Waals surface area (Å²) < 4.78 is 29.6. The molecule has 1 fully saturated rings. The summed E-state index contributed by atoms with van der Waals surface area (Å²) in [6.07, 6.45) is 0.248. The van der Waals surface area contributed by atoms with Crippen LogP contribution in [0.4, 0.5) is 14.4 Å². The van der Waals surface area contributed by atoms with E-state index in [1.807, 2.05) is 0 Å². The number of hydrogen-bond acceptors (Lipinski definition) is 11. The van der Waals surface area contributed by atoms with Gasteiger partial charge in [0.2, 0.25) is 0 Å². The number of hydrogen-bond donors (Lipinski definition) is 2. The van der Waals surface area contributed by atoms with E-state index >= 15 is 0 Å². The SMILES string of the molecule is COC(=O)Oc1ccc(C[C@](NC(C)C)(OC(=O)OC2CCCCC2)C(=O)O)cc1OC(=O)OC. The Hall–Kier alpha value is -3.54. The lowest BCUT2D eigenvalue weighted by Gasteiger charge is -2.32. The van der Waals surface area contributed by atoms with Crippen LogP contribution in [0.2, 0.25) is 0 Å². The lowest BCUT2D eigenvalue weighted by molar-refractivity contribution is -0.168. The normalized spacial score (nSPS) is 15.5. The quantitative estimate of drug-likeness (QED) is 0.221. The van der Waals surface area contributed by atoms with Crippen molar-refractivity contribution in [1.82, 2.24) is 5.32 Å². The van der Waals surface area contributed by atoms with Crippen LogP contribution in [0.3, 0.4) is 0 Å². The van der Waals surface area contributed by atoms with Crippen LogP contribution < -0.4 is 14.8 Å². The third kappa shape index (κ3) is 8.32. The highest BCUT2D eigenvalue weighted by molar-refractivity contribution is 5.80. The molecule has 194 valence electrons. The van der Waals surface area contributed by atoms with E-state index in [4.69, 9.17) is 18.9 Å². The van der Waals surface area contributed by atoms with Crippen molar-refractivity contribution in [3.8, 4) is 11.5 Å². The van der Waals surface area contributed by atoms with Crippen LogP contribution in [0.25, 0.3) is 0 Å². The van der Waals surface area contributed by atoms with E-state index in [0.29, 0.717) is 12.8 Å². The van der Waals surface area contributed by atoms with E-state index in [0.717, 1.165) is 33.5 Å². The number of benzene rings is 1. The van der Waals surface area contributed by atoms with Gasteiger partial charge in [0.1, 0.15) is 6.10 Å². The van der Waals surface area contributed by atoms with Gasteiger partial charge in [-0.15, -0.1) is 0 Å². The van der Waals surface area contributed by atoms with Gasteiger partial charge in [-0.2, -0.15) is 0 Å². The van der Waals surface area contributed by atoms with Gasteiger partial charge in [0, 0.05) is 12.5 Å². The average molecular weight is 497 g/mol. The van der Waals surface area contributed by atoms with Crippen LogP contribution in [0.5, 0.6) is 11.5 Å². The molecule has 0 amide bonds. The van der Waals surface area contributed by atoms with E-state index in [-0.39, 0.29) is 29.6 Å². The molecule has 0 radical (unpaired) electrons. The molecule has 12 nitrogen and oxygen atoms in total. The lowest BCUT2D eigenvalue weighted by Crippen LogP contribution is -2.59. The minimum Gasteiger partial charge on any atom is -0.477 e. The van der Waals surface area contributed by atoms with Gasteiger partial charge in [0.15, 0.2) is 11.5 Å². The Morgan fingerprint density at radius 3 is 2.11 bits per heavy atom. The second-order valence-electron chi connectivity index (χ2n) is 8.23. The molecule has 0 unspecified atom stereocenters. The third-order valence-corrected chi connectivity index (χ3v) is 5.12. The van der Waals surface area contributed by atoms with Gasteiger partial charge in [0.05, 0.1) is 14.2 Å². The molecule has 1 aromatic carbocycles. The van der Waals surface area contributed by atoms with E-state index in [2.05, 4.69) is 14.8 Å². The Morgan fingerprint density at radius 1 is 0.971 bits per heavy atom. The van der Waals surface area contributed by atoms with Gasteiger partial charge in [-0.05, 0) is 57.2 Å². The topological polar surface area (TPSA) is 156 Å². The maximum Gasteiger partial charge on any atom is 0.513 e. The summed E-state index contributed by atoms with van der Waals surface area (Å²) in [5, 5.41) is 12.8. The fourth-order valence-corrected chi connectivity index (χ4v) is 3.63. The van der Waals surface area contributed by atoms with Crippen molar-refractivity contribution in [2.45, 2.75) is 70.2 Å². The molecule has 0 heterocycles. The first kappa shape index (κ1) is 27.7. The number of methoxy groups -OCH3 is 2. The van der Waals surface area contributed by atoms with E-state index in [9.17, 15) is 24.3 Å². The summed E-state index contributed by atoms with van der Waals surface area (Å²) >= 11 is 0. The molecule has 12 heteroatoms. The first-order valence-electron chi connectivity index (χ1n) is 11.1. The molecular weight excluding hydrogens is 466 g/mol. The molecule has 1 aromatic rings. The molecule has 0 aliphatic heterocycles. The number of carbonyl (C=O) groups is 4. The van der Waals surface area contributed by atoms with Gasteiger partial charge in [-0.1, -0.05) is 12.5 Å². The second-order valence-corrected chi connectivity index (χ2v) is 8.23. The second kappa shape index (κ2) is 12.8. The molecule has 1 atom stereocenters. The lowest BCUT2D eigenvalue weighted by atomic mass is 9.98. The highest BCUT2D eigenvalue weighted by Gasteiger charge is 2.45. The fourth-order valence-electron chi connectivity index (χ4n) is 3.63. The van der Waals surface area contributed by atoms with Crippen molar-refractivity contribution in [2.24, 2.45) is 0 Å². The third-order valence-electron chi connectivity index (χ3n) is 5.12. The summed E-state index contributed by atoms with van der Waals surface area (Å²) in [6.45, 7) is 3.37. The number of rotatable bonds is 9. The predicted octanol–water partition coefficient (Wildman–Crippen LogP) is 3.78. The minimum absolute atomic E-state index is 0.179. The van der Waals surface area contributed by atoms with Crippen LogP contribution in [0.1, 0.15) is 51.5 Å². The minimum atomic E-state index is -2.20. The Balaban J connectivity index is 2.35. The fraction of sp³-hybridized carbons (Fsp3) is 0.565. The molecule has 0 spiro atoms. The zero-order chi connectivity index (χ0) is 26.0. The molecule has 1 aliphatic carbocycles. The van der Waals surface area contributed by atoms with Gasteiger partial charge in [0.25, 0.3) is 5.72 Å². The molecule has 1 saturated carbocycles. The molecule has 1 aliphatic rings. The average Bonchev–Trinajstić information content (AvgIpc) is 2.80. The van der Waals surface area contributed by atoms with Crippen molar-refractivity contribution in [3.63, 3.8) is 0 Å². The molecule has 0 aromatic heterocycles. The smallest absolute Gasteiger partial charge is 0.477 e. The summed E-state index contributed by atoms with van der Waals surface area (Å²) in [7, 11) is 2.18. The Morgan fingerprint density at radius 2 is 1.57 bits per heavy atom. The molecule has 0 bridgehead atoms. The molecule has 0 saturated heterocycles. The highest BCUT2D eigenvalue weighted by Crippen LogP contribution is 2.31. The number of carboxylic acids is 1. The molecular formula is C23H31NO11. The Kier molecular flexibility index (Phi) is 10.1. The maximum atomic E-state index is 12.6. The van der Waals surface area contributed by atoms with Crippen molar-refractivity contribution < 1.29 is 52.7 Å². The largest absolute Gasteiger partial charge is 0.513 e. The summed E-state index contributed by atoms with van der Waals surface area (Å²) in [6, 6.07) is 3.54. The van der Waals surface area contributed by atoms with E-state index in [1.54, 1.807) is 13.8 Å². The summed E-state index contributed by atoms with van der Waals surface area (Å²) in [4.78, 5) is 48.1. The molecule has 35 heavy (non-hydrogen) atoms. The van der Waals surface area contributed by atoms with Gasteiger partial charge in [-0.25, -0.2) is 19.2 Å².